The standard InChI is InChI=1S/C18H20N4OS2/c1-10-11(2)24-16-14(10)15(19)20-18(21-16)25-12(3)17(23)22(4)13-8-6-5-7-9-13/h5-9,12H,1-4H3,(H2,19,20,21). The summed E-state index contributed by atoms with van der Waals surface area (Å²) in [7, 11) is 1.78. The number of fused-ring (bicyclic) bond motifs is 1. The van der Waals surface area contributed by atoms with Crippen LogP contribution in [0.25, 0.3) is 10.2 Å². The maximum absolute atomic E-state index is 12.7. The number of carbonyl (C=O) groups excluding carboxylic acids is 1. The van der Waals surface area contributed by atoms with Crippen molar-refractivity contribution in [3.8, 4) is 0 Å². The van der Waals surface area contributed by atoms with Crippen molar-refractivity contribution in [1.29, 1.82) is 0 Å². The zero-order valence-electron chi connectivity index (χ0n) is 14.6. The van der Waals surface area contributed by atoms with E-state index in [-0.39, 0.29) is 11.2 Å². The molecule has 7 heteroatoms. The molecule has 2 heterocycles. The lowest BCUT2D eigenvalue weighted by molar-refractivity contribution is -0.117. The van der Waals surface area contributed by atoms with Gasteiger partial charge in [0.05, 0.1) is 10.6 Å². The van der Waals surface area contributed by atoms with Crippen LogP contribution in [0, 0.1) is 13.8 Å². The topological polar surface area (TPSA) is 72.1 Å². The Morgan fingerprint density at radius 1 is 1.24 bits per heavy atom. The number of anilines is 2. The van der Waals surface area contributed by atoms with Gasteiger partial charge in [-0.05, 0) is 38.5 Å². The Morgan fingerprint density at radius 2 is 1.92 bits per heavy atom. The van der Waals surface area contributed by atoms with Crippen molar-refractivity contribution in [2.24, 2.45) is 0 Å². The van der Waals surface area contributed by atoms with E-state index in [1.807, 2.05) is 44.2 Å². The maximum Gasteiger partial charge on any atom is 0.240 e. The van der Waals surface area contributed by atoms with Crippen molar-refractivity contribution < 1.29 is 4.79 Å². The minimum absolute atomic E-state index is 0.00277. The van der Waals surface area contributed by atoms with Crippen LogP contribution in [0.5, 0.6) is 0 Å². The molecule has 0 fully saturated rings. The van der Waals surface area contributed by atoms with E-state index in [0.29, 0.717) is 11.0 Å². The fourth-order valence-corrected chi connectivity index (χ4v) is 4.54. The SMILES string of the molecule is Cc1sc2nc(SC(C)C(=O)N(C)c3ccccc3)nc(N)c2c1C. The van der Waals surface area contributed by atoms with E-state index in [1.54, 1.807) is 23.3 Å². The molecule has 2 aromatic heterocycles. The van der Waals surface area contributed by atoms with Crippen LogP contribution in [0.1, 0.15) is 17.4 Å². The molecule has 25 heavy (non-hydrogen) atoms. The molecule has 0 aliphatic rings. The Labute approximate surface area is 155 Å². The Bertz CT molecular complexity index is 924. The van der Waals surface area contributed by atoms with Crippen LogP contribution in [-0.4, -0.2) is 28.2 Å². The summed E-state index contributed by atoms with van der Waals surface area (Å²) in [4.78, 5) is 25.4. The number of aryl methyl sites for hydroxylation is 2. The lowest BCUT2D eigenvalue weighted by Crippen LogP contribution is -2.33. The summed E-state index contributed by atoms with van der Waals surface area (Å²) >= 11 is 2.94. The summed E-state index contributed by atoms with van der Waals surface area (Å²) in [5.41, 5.74) is 8.11. The molecule has 1 atom stereocenters. The first kappa shape index (κ1) is 17.7. The highest BCUT2D eigenvalue weighted by Gasteiger charge is 2.22. The molecule has 0 radical (unpaired) electrons. The second kappa shape index (κ2) is 7.01. The fourth-order valence-electron chi connectivity index (χ4n) is 2.57. The fraction of sp³-hybridized carbons (Fsp3) is 0.278. The van der Waals surface area contributed by atoms with Gasteiger partial charge in [0, 0.05) is 17.6 Å². The quantitative estimate of drug-likeness (QED) is 0.553. The Hall–Kier alpha value is -2.12. The van der Waals surface area contributed by atoms with Crippen molar-refractivity contribution in [1.82, 2.24) is 9.97 Å². The zero-order valence-corrected chi connectivity index (χ0v) is 16.2. The number of hydrogen-bond donors (Lipinski definition) is 1. The highest BCUT2D eigenvalue weighted by atomic mass is 32.2. The van der Waals surface area contributed by atoms with Gasteiger partial charge in [0.15, 0.2) is 5.16 Å². The number of nitrogens with zero attached hydrogens (tertiary/aromatic N) is 3. The summed E-state index contributed by atoms with van der Waals surface area (Å²) in [5, 5.41) is 1.14. The molecule has 0 aliphatic carbocycles. The average molecular weight is 373 g/mol. The maximum atomic E-state index is 12.7. The summed E-state index contributed by atoms with van der Waals surface area (Å²) in [6.45, 7) is 5.94. The minimum atomic E-state index is -0.316. The van der Waals surface area contributed by atoms with Crippen LogP contribution in [0.15, 0.2) is 35.5 Å². The summed E-state index contributed by atoms with van der Waals surface area (Å²) in [5.74, 6) is 0.474. The van der Waals surface area contributed by atoms with Crippen LogP contribution in [-0.2, 0) is 4.79 Å². The van der Waals surface area contributed by atoms with Gasteiger partial charge < -0.3 is 10.6 Å². The summed E-state index contributed by atoms with van der Waals surface area (Å²) < 4.78 is 0. The molecule has 1 aromatic carbocycles. The number of aromatic nitrogens is 2. The number of amides is 1. The van der Waals surface area contributed by atoms with Crippen LogP contribution >= 0.6 is 23.1 Å². The first-order valence-electron chi connectivity index (χ1n) is 7.91. The second-order valence-corrected chi connectivity index (χ2v) is 8.36. The van der Waals surface area contributed by atoms with Gasteiger partial charge in [0.25, 0.3) is 0 Å². The zero-order chi connectivity index (χ0) is 18.1. The number of rotatable bonds is 4. The summed E-state index contributed by atoms with van der Waals surface area (Å²) in [6, 6.07) is 9.57. The Balaban J connectivity index is 1.82. The van der Waals surface area contributed by atoms with Gasteiger partial charge in [0.2, 0.25) is 5.91 Å². The first-order chi connectivity index (χ1) is 11.9. The predicted octanol–water partition coefficient (Wildman–Crippen LogP) is 4.03. The lowest BCUT2D eigenvalue weighted by Gasteiger charge is -2.20. The Kier molecular flexibility index (Phi) is 4.96. The number of thioether (sulfide) groups is 1. The van der Waals surface area contributed by atoms with E-state index in [2.05, 4.69) is 16.9 Å². The number of nitrogens with two attached hydrogens (primary N) is 1. The largest absolute Gasteiger partial charge is 0.383 e. The van der Waals surface area contributed by atoms with Gasteiger partial charge in [-0.2, -0.15) is 0 Å². The van der Waals surface area contributed by atoms with Gasteiger partial charge in [-0.1, -0.05) is 30.0 Å². The normalized spacial score (nSPS) is 12.3. The molecule has 2 N–H and O–H groups in total. The molecule has 0 spiro atoms. The molecule has 0 saturated heterocycles. The van der Waals surface area contributed by atoms with Crippen molar-refractivity contribution in [3.63, 3.8) is 0 Å². The molecule has 3 rings (SSSR count). The lowest BCUT2D eigenvalue weighted by atomic mass is 10.2. The molecule has 1 unspecified atom stereocenters. The number of carbonyl (C=O) groups is 1. The third-order valence-electron chi connectivity index (χ3n) is 4.14. The van der Waals surface area contributed by atoms with E-state index < -0.39 is 0 Å². The van der Waals surface area contributed by atoms with Crippen molar-refractivity contribution in [2.75, 3.05) is 17.7 Å². The monoisotopic (exact) mass is 372 g/mol. The smallest absolute Gasteiger partial charge is 0.240 e. The van der Waals surface area contributed by atoms with Crippen LogP contribution < -0.4 is 10.6 Å². The van der Waals surface area contributed by atoms with Gasteiger partial charge in [-0.15, -0.1) is 11.3 Å². The number of thiophene rings is 1. The summed E-state index contributed by atoms with van der Waals surface area (Å²) in [6.07, 6.45) is 0. The third-order valence-corrected chi connectivity index (χ3v) is 6.19. The highest BCUT2D eigenvalue weighted by Crippen LogP contribution is 2.34. The third kappa shape index (κ3) is 3.48. The van der Waals surface area contributed by atoms with Gasteiger partial charge in [-0.3, -0.25) is 4.79 Å². The molecular weight excluding hydrogens is 352 g/mol. The van der Waals surface area contributed by atoms with Crippen molar-refractivity contribution in [2.45, 2.75) is 31.2 Å². The van der Waals surface area contributed by atoms with Gasteiger partial charge in [-0.25, -0.2) is 9.97 Å². The van der Waals surface area contributed by atoms with Crippen LogP contribution in [0.4, 0.5) is 11.5 Å². The number of para-hydroxylation sites is 1. The molecule has 1 amide bonds. The predicted molar refractivity (Wildman–Crippen MR) is 106 cm³/mol. The molecule has 0 aliphatic heterocycles. The van der Waals surface area contributed by atoms with Crippen LogP contribution in [0.3, 0.4) is 0 Å². The van der Waals surface area contributed by atoms with Crippen molar-refractivity contribution >= 4 is 50.7 Å². The Morgan fingerprint density at radius 3 is 2.60 bits per heavy atom. The number of benzene rings is 1. The van der Waals surface area contributed by atoms with E-state index in [9.17, 15) is 4.79 Å². The average Bonchev–Trinajstić information content (AvgIpc) is 2.88. The minimum Gasteiger partial charge on any atom is -0.383 e. The van der Waals surface area contributed by atoms with Gasteiger partial charge in [0.1, 0.15) is 10.6 Å². The van der Waals surface area contributed by atoms with E-state index >= 15 is 0 Å². The number of hydrogen-bond acceptors (Lipinski definition) is 6. The van der Waals surface area contributed by atoms with Crippen LogP contribution in [0.2, 0.25) is 0 Å². The molecule has 5 nitrogen and oxygen atoms in total. The molecule has 3 aromatic rings. The first-order valence-corrected chi connectivity index (χ1v) is 9.60. The molecule has 0 bridgehead atoms. The van der Waals surface area contributed by atoms with E-state index in [0.717, 1.165) is 21.5 Å². The molecular formula is C18H20N4OS2. The molecule has 130 valence electrons. The van der Waals surface area contributed by atoms with Gasteiger partial charge >= 0.3 is 0 Å². The van der Waals surface area contributed by atoms with Crippen molar-refractivity contribution in [3.05, 3.63) is 40.8 Å². The van der Waals surface area contributed by atoms with E-state index in [4.69, 9.17) is 5.73 Å². The van der Waals surface area contributed by atoms with E-state index in [1.165, 1.54) is 16.6 Å². The number of nitrogen functional groups attached to an aromatic ring is 1. The highest BCUT2D eigenvalue weighted by molar-refractivity contribution is 8.00. The molecule has 0 saturated carbocycles. The second-order valence-electron chi connectivity index (χ2n) is 5.85.